The number of anilines is 1. The van der Waals surface area contributed by atoms with Gasteiger partial charge in [0.2, 0.25) is 11.8 Å². The van der Waals surface area contributed by atoms with Crippen molar-refractivity contribution in [2.75, 3.05) is 36.0 Å². The third-order valence-electron chi connectivity index (χ3n) is 6.26. The van der Waals surface area contributed by atoms with Crippen LogP contribution in [0.5, 0.6) is 5.88 Å². The van der Waals surface area contributed by atoms with Gasteiger partial charge in [-0.25, -0.2) is 21.9 Å². The first-order valence-corrected chi connectivity index (χ1v) is 13.0. The summed E-state index contributed by atoms with van der Waals surface area (Å²) in [5.41, 5.74) is 1.70. The van der Waals surface area contributed by atoms with Crippen LogP contribution >= 0.6 is 0 Å². The number of nitrogens with zero attached hydrogens (tertiary/aromatic N) is 7. The Bertz CT molecular complexity index is 1360. The molecule has 0 radical (unpaired) electrons. The third-order valence-corrected chi connectivity index (χ3v) is 7.96. The minimum atomic E-state index is -3.17. The van der Waals surface area contributed by atoms with Gasteiger partial charge in [0, 0.05) is 24.7 Å². The Hall–Kier alpha value is -3.68. The van der Waals surface area contributed by atoms with E-state index in [1.165, 1.54) is 28.9 Å². The van der Waals surface area contributed by atoms with Gasteiger partial charge in [0.15, 0.2) is 15.7 Å². The standard InChI is InChI=1S/C22H23F2N7O4S/c1-14-18(31(28-25-14)16-4-2-15(3-5-16)22(23)24)12-35-20-7-6-19(26-27-20)29-10-17-13-36(33,34)9-8-30(17)21(32)11-29/h2-7,17,22H,8-13H2,1H3/t17-/m0/s1. The van der Waals surface area contributed by atoms with Crippen molar-refractivity contribution in [3.63, 3.8) is 0 Å². The number of fused-ring (bicyclic) bond motifs is 1. The molecular weight excluding hydrogens is 496 g/mol. The first kappa shape index (κ1) is 24.0. The van der Waals surface area contributed by atoms with E-state index in [4.69, 9.17) is 4.74 Å². The fourth-order valence-corrected chi connectivity index (χ4v) is 5.84. The van der Waals surface area contributed by atoms with E-state index in [0.717, 1.165) is 0 Å². The number of hydrogen-bond acceptors (Lipinski definition) is 9. The van der Waals surface area contributed by atoms with Gasteiger partial charge in [0.1, 0.15) is 12.3 Å². The van der Waals surface area contributed by atoms with E-state index in [0.29, 0.717) is 29.4 Å². The first-order chi connectivity index (χ1) is 17.2. The molecule has 14 heteroatoms. The molecule has 36 heavy (non-hydrogen) atoms. The normalized spacial score (nSPS) is 19.4. The van der Waals surface area contributed by atoms with Gasteiger partial charge in [-0.15, -0.1) is 15.3 Å². The summed E-state index contributed by atoms with van der Waals surface area (Å²) >= 11 is 0. The topological polar surface area (TPSA) is 123 Å². The predicted octanol–water partition coefficient (Wildman–Crippen LogP) is 1.33. The molecule has 1 amide bonds. The number of piperazine rings is 1. The van der Waals surface area contributed by atoms with E-state index in [2.05, 4.69) is 20.5 Å². The quantitative estimate of drug-likeness (QED) is 0.474. The zero-order chi connectivity index (χ0) is 25.4. The van der Waals surface area contributed by atoms with Gasteiger partial charge in [-0.1, -0.05) is 17.3 Å². The van der Waals surface area contributed by atoms with E-state index in [-0.39, 0.29) is 48.6 Å². The average Bonchev–Trinajstić information content (AvgIpc) is 3.22. The van der Waals surface area contributed by atoms with Gasteiger partial charge >= 0.3 is 0 Å². The highest BCUT2D eigenvalue weighted by atomic mass is 32.2. The zero-order valence-corrected chi connectivity index (χ0v) is 20.1. The zero-order valence-electron chi connectivity index (χ0n) is 19.3. The molecule has 5 rings (SSSR count). The minimum absolute atomic E-state index is 0.00397. The van der Waals surface area contributed by atoms with Crippen LogP contribution in [-0.4, -0.2) is 81.6 Å². The lowest BCUT2D eigenvalue weighted by atomic mass is 10.2. The number of carbonyl (C=O) groups is 1. The Morgan fingerprint density at radius 3 is 2.58 bits per heavy atom. The molecule has 1 aromatic carbocycles. The average molecular weight is 520 g/mol. The van der Waals surface area contributed by atoms with Gasteiger partial charge in [0.25, 0.3) is 6.43 Å². The molecule has 4 heterocycles. The van der Waals surface area contributed by atoms with Crippen molar-refractivity contribution in [1.29, 1.82) is 0 Å². The smallest absolute Gasteiger partial charge is 0.263 e. The molecule has 0 unspecified atom stereocenters. The van der Waals surface area contributed by atoms with Crippen LogP contribution in [0.2, 0.25) is 0 Å². The second kappa shape index (κ2) is 9.41. The minimum Gasteiger partial charge on any atom is -0.470 e. The molecule has 2 aromatic heterocycles. The highest BCUT2D eigenvalue weighted by Crippen LogP contribution is 2.24. The van der Waals surface area contributed by atoms with Crippen molar-refractivity contribution < 1.29 is 26.7 Å². The van der Waals surface area contributed by atoms with Crippen molar-refractivity contribution in [1.82, 2.24) is 30.1 Å². The van der Waals surface area contributed by atoms with Crippen molar-refractivity contribution in [2.45, 2.75) is 26.0 Å². The molecule has 2 saturated heterocycles. The molecule has 0 spiro atoms. The Labute approximate surface area is 205 Å². The fraction of sp³-hybridized carbons (Fsp3) is 0.409. The summed E-state index contributed by atoms with van der Waals surface area (Å²) in [7, 11) is -3.17. The third kappa shape index (κ3) is 4.85. The highest BCUT2D eigenvalue weighted by molar-refractivity contribution is 7.91. The van der Waals surface area contributed by atoms with Crippen molar-refractivity contribution in [2.24, 2.45) is 0 Å². The number of halogens is 2. The Morgan fingerprint density at radius 2 is 1.89 bits per heavy atom. The number of aryl methyl sites for hydroxylation is 1. The monoisotopic (exact) mass is 519 g/mol. The number of hydrogen-bond donors (Lipinski definition) is 0. The summed E-state index contributed by atoms with van der Waals surface area (Å²) in [6, 6.07) is 8.59. The van der Waals surface area contributed by atoms with Gasteiger partial charge < -0.3 is 14.5 Å². The number of sulfone groups is 1. The van der Waals surface area contributed by atoms with Crippen LogP contribution in [0.25, 0.3) is 5.69 Å². The molecule has 11 nitrogen and oxygen atoms in total. The first-order valence-electron chi connectivity index (χ1n) is 11.2. The van der Waals surface area contributed by atoms with Crippen LogP contribution in [-0.2, 0) is 21.2 Å². The lowest BCUT2D eigenvalue weighted by Gasteiger charge is -2.43. The molecule has 2 fully saturated rings. The Kier molecular flexibility index (Phi) is 6.28. The second-order valence-electron chi connectivity index (χ2n) is 8.68. The lowest BCUT2D eigenvalue weighted by molar-refractivity contribution is -0.133. The molecular formula is C22H23F2N7O4S. The number of aromatic nitrogens is 5. The van der Waals surface area contributed by atoms with Gasteiger partial charge in [-0.2, -0.15) is 0 Å². The van der Waals surface area contributed by atoms with Crippen molar-refractivity contribution in [3.05, 3.63) is 53.3 Å². The summed E-state index contributed by atoms with van der Waals surface area (Å²) in [5, 5.41) is 16.4. The number of benzene rings is 1. The summed E-state index contributed by atoms with van der Waals surface area (Å²) < 4.78 is 57.0. The van der Waals surface area contributed by atoms with Gasteiger partial charge in [-0.05, 0) is 25.1 Å². The number of ether oxygens (including phenoxy) is 1. The second-order valence-corrected chi connectivity index (χ2v) is 10.9. The number of carbonyl (C=O) groups excluding carboxylic acids is 1. The molecule has 2 aliphatic heterocycles. The molecule has 2 aliphatic rings. The predicted molar refractivity (Wildman–Crippen MR) is 124 cm³/mol. The number of amides is 1. The van der Waals surface area contributed by atoms with Crippen LogP contribution in [0, 0.1) is 6.92 Å². The maximum absolute atomic E-state index is 12.9. The van der Waals surface area contributed by atoms with Crippen LogP contribution < -0.4 is 9.64 Å². The molecule has 0 aliphatic carbocycles. The highest BCUT2D eigenvalue weighted by Gasteiger charge is 2.39. The molecule has 190 valence electrons. The van der Waals surface area contributed by atoms with Crippen molar-refractivity contribution >= 4 is 21.6 Å². The van der Waals surface area contributed by atoms with E-state index in [1.54, 1.807) is 28.9 Å². The van der Waals surface area contributed by atoms with Crippen LogP contribution in [0.3, 0.4) is 0 Å². The van der Waals surface area contributed by atoms with Crippen molar-refractivity contribution in [3.8, 4) is 11.6 Å². The SMILES string of the molecule is Cc1nnn(-c2ccc(C(F)F)cc2)c1COc1ccc(N2CC(=O)N3CCS(=O)(=O)C[C@@H]3C2)nn1. The summed E-state index contributed by atoms with van der Waals surface area (Å²) in [4.78, 5) is 15.9. The molecule has 0 saturated carbocycles. The molecule has 0 bridgehead atoms. The summed E-state index contributed by atoms with van der Waals surface area (Å²) in [6.45, 7) is 2.49. The lowest BCUT2D eigenvalue weighted by Crippen LogP contribution is -2.62. The number of alkyl halides is 2. The van der Waals surface area contributed by atoms with E-state index in [9.17, 15) is 22.0 Å². The molecule has 3 aromatic rings. The summed E-state index contributed by atoms with van der Waals surface area (Å²) in [5.74, 6) is 0.469. The van der Waals surface area contributed by atoms with Gasteiger partial charge in [-0.3, -0.25) is 4.79 Å². The summed E-state index contributed by atoms with van der Waals surface area (Å²) in [6.07, 6.45) is -2.56. The molecule has 0 N–H and O–H groups in total. The maximum atomic E-state index is 12.9. The van der Waals surface area contributed by atoms with Crippen LogP contribution in [0.15, 0.2) is 36.4 Å². The Morgan fingerprint density at radius 1 is 1.11 bits per heavy atom. The fourth-order valence-electron chi connectivity index (χ4n) is 4.33. The van der Waals surface area contributed by atoms with Crippen LogP contribution in [0.1, 0.15) is 23.4 Å². The van der Waals surface area contributed by atoms with E-state index >= 15 is 0 Å². The van der Waals surface area contributed by atoms with Crippen LogP contribution in [0.4, 0.5) is 14.6 Å². The molecule has 1 atom stereocenters. The van der Waals surface area contributed by atoms with E-state index < -0.39 is 22.3 Å². The largest absolute Gasteiger partial charge is 0.470 e. The Balaban J connectivity index is 1.26. The number of rotatable bonds is 6. The van der Waals surface area contributed by atoms with E-state index in [1.807, 2.05) is 0 Å². The van der Waals surface area contributed by atoms with Gasteiger partial charge in [0.05, 0.1) is 35.5 Å². The maximum Gasteiger partial charge on any atom is 0.263 e.